The number of carbonyl (C=O) groups excluding carboxylic acids is 1. The van der Waals surface area contributed by atoms with E-state index in [-0.39, 0.29) is 5.91 Å². The third-order valence-corrected chi connectivity index (χ3v) is 3.10. The maximum absolute atomic E-state index is 12.4. The zero-order valence-corrected chi connectivity index (χ0v) is 13.4. The number of benzene rings is 2. The number of ether oxygens (including phenoxy) is 3. The van der Waals surface area contributed by atoms with Crippen molar-refractivity contribution < 1.29 is 19.0 Å². The molecule has 0 aliphatic carbocycles. The van der Waals surface area contributed by atoms with Crippen LogP contribution in [0.5, 0.6) is 11.5 Å². The van der Waals surface area contributed by atoms with Crippen molar-refractivity contribution in [3.63, 3.8) is 0 Å². The monoisotopic (exact) mass is 315 g/mol. The van der Waals surface area contributed by atoms with Gasteiger partial charge in [-0.3, -0.25) is 4.79 Å². The lowest BCUT2D eigenvalue weighted by Gasteiger charge is -2.12. The highest BCUT2D eigenvalue weighted by Crippen LogP contribution is 2.21. The first-order valence-electron chi connectivity index (χ1n) is 7.49. The van der Waals surface area contributed by atoms with Gasteiger partial charge in [0.05, 0.1) is 18.8 Å². The molecular weight excluding hydrogens is 294 g/mol. The van der Waals surface area contributed by atoms with Crippen LogP contribution in [0.25, 0.3) is 0 Å². The van der Waals surface area contributed by atoms with Crippen molar-refractivity contribution in [2.45, 2.75) is 6.92 Å². The van der Waals surface area contributed by atoms with Crippen LogP contribution in [0.4, 0.5) is 5.69 Å². The molecule has 0 bridgehead atoms. The van der Waals surface area contributed by atoms with Crippen LogP contribution >= 0.6 is 0 Å². The predicted octanol–water partition coefficient (Wildman–Crippen LogP) is 3.36. The highest BCUT2D eigenvalue weighted by Gasteiger charge is 2.12. The summed E-state index contributed by atoms with van der Waals surface area (Å²) in [5, 5.41) is 2.85. The van der Waals surface area contributed by atoms with E-state index < -0.39 is 0 Å². The van der Waals surface area contributed by atoms with E-state index in [1.54, 1.807) is 37.4 Å². The summed E-state index contributed by atoms with van der Waals surface area (Å²) in [6.45, 7) is 3.40. The van der Waals surface area contributed by atoms with Gasteiger partial charge >= 0.3 is 0 Å². The zero-order valence-electron chi connectivity index (χ0n) is 13.4. The molecule has 0 heterocycles. The molecule has 1 amide bonds. The smallest absolute Gasteiger partial charge is 0.259 e. The van der Waals surface area contributed by atoms with Crippen molar-refractivity contribution in [2.24, 2.45) is 0 Å². The van der Waals surface area contributed by atoms with E-state index >= 15 is 0 Å². The highest BCUT2D eigenvalue weighted by molar-refractivity contribution is 6.06. The van der Waals surface area contributed by atoms with Gasteiger partial charge in [-0.05, 0) is 43.3 Å². The van der Waals surface area contributed by atoms with Crippen LogP contribution in [0, 0.1) is 0 Å². The second-order valence-corrected chi connectivity index (χ2v) is 4.75. The fourth-order valence-corrected chi connectivity index (χ4v) is 2.01. The summed E-state index contributed by atoms with van der Waals surface area (Å²) < 4.78 is 15.9. The second-order valence-electron chi connectivity index (χ2n) is 4.75. The molecule has 2 rings (SSSR count). The maximum atomic E-state index is 12.4. The molecule has 0 aliphatic heterocycles. The molecule has 0 spiro atoms. The number of para-hydroxylation sites is 1. The van der Waals surface area contributed by atoms with Gasteiger partial charge in [0.15, 0.2) is 0 Å². The Labute approximate surface area is 136 Å². The van der Waals surface area contributed by atoms with Gasteiger partial charge < -0.3 is 19.5 Å². The minimum absolute atomic E-state index is 0.220. The van der Waals surface area contributed by atoms with Crippen LogP contribution in [-0.4, -0.2) is 32.8 Å². The summed E-state index contributed by atoms with van der Waals surface area (Å²) >= 11 is 0. The van der Waals surface area contributed by atoms with Crippen LogP contribution in [0.2, 0.25) is 0 Å². The lowest BCUT2D eigenvalue weighted by atomic mass is 10.2. The van der Waals surface area contributed by atoms with Crippen molar-refractivity contribution >= 4 is 11.6 Å². The van der Waals surface area contributed by atoms with Gasteiger partial charge in [0.1, 0.15) is 18.1 Å². The Balaban J connectivity index is 2.05. The molecule has 5 nitrogen and oxygen atoms in total. The third-order valence-electron chi connectivity index (χ3n) is 3.10. The molecule has 0 aromatic heterocycles. The van der Waals surface area contributed by atoms with Gasteiger partial charge in [-0.25, -0.2) is 0 Å². The second kappa shape index (κ2) is 8.80. The summed E-state index contributed by atoms with van der Waals surface area (Å²) in [5.41, 5.74) is 1.18. The molecule has 2 aromatic carbocycles. The number of methoxy groups -OCH3 is 1. The quantitative estimate of drug-likeness (QED) is 0.759. The van der Waals surface area contributed by atoms with Gasteiger partial charge in [0.25, 0.3) is 5.91 Å². The highest BCUT2D eigenvalue weighted by atomic mass is 16.5. The van der Waals surface area contributed by atoms with E-state index in [4.69, 9.17) is 14.2 Å². The molecule has 0 aliphatic rings. The summed E-state index contributed by atoms with van der Waals surface area (Å²) in [5.74, 6) is 1.09. The largest absolute Gasteiger partial charge is 0.494 e. The van der Waals surface area contributed by atoms with E-state index in [2.05, 4.69) is 5.32 Å². The standard InChI is InChI=1S/C18H21NO4/c1-3-22-15-10-8-14(9-11-15)19-18(20)16-6-4-5-7-17(16)23-13-12-21-2/h4-11H,3,12-13H2,1-2H3,(H,19,20). The molecule has 0 unspecified atom stereocenters. The van der Waals surface area contributed by atoms with Crippen molar-refractivity contribution in [3.8, 4) is 11.5 Å². The van der Waals surface area contributed by atoms with Crippen LogP contribution < -0.4 is 14.8 Å². The number of hydrogen-bond donors (Lipinski definition) is 1. The Morgan fingerprint density at radius 3 is 2.43 bits per heavy atom. The molecule has 0 radical (unpaired) electrons. The van der Waals surface area contributed by atoms with Gasteiger partial charge in [0.2, 0.25) is 0 Å². The van der Waals surface area contributed by atoms with Crippen molar-refractivity contribution in [2.75, 3.05) is 32.2 Å². The first-order valence-corrected chi connectivity index (χ1v) is 7.49. The number of hydrogen-bond acceptors (Lipinski definition) is 4. The number of nitrogens with one attached hydrogen (secondary N) is 1. The molecule has 0 fully saturated rings. The summed E-state index contributed by atoms with van der Waals surface area (Å²) in [7, 11) is 1.61. The van der Waals surface area contributed by atoms with Gasteiger partial charge in [-0.15, -0.1) is 0 Å². The van der Waals surface area contributed by atoms with Crippen LogP contribution in [0.1, 0.15) is 17.3 Å². The topological polar surface area (TPSA) is 56.8 Å². The fraction of sp³-hybridized carbons (Fsp3) is 0.278. The SMILES string of the molecule is CCOc1ccc(NC(=O)c2ccccc2OCCOC)cc1. The van der Waals surface area contributed by atoms with Crippen LogP contribution in [-0.2, 0) is 4.74 Å². The Morgan fingerprint density at radius 1 is 1.00 bits per heavy atom. The Hall–Kier alpha value is -2.53. The lowest BCUT2D eigenvalue weighted by Crippen LogP contribution is -2.14. The Bertz CT molecular complexity index is 625. The number of rotatable bonds is 8. The minimum atomic E-state index is -0.220. The van der Waals surface area contributed by atoms with Crippen molar-refractivity contribution in [1.82, 2.24) is 0 Å². The average molecular weight is 315 g/mol. The van der Waals surface area contributed by atoms with Crippen molar-refractivity contribution in [1.29, 1.82) is 0 Å². The minimum Gasteiger partial charge on any atom is -0.494 e. The van der Waals surface area contributed by atoms with Crippen LogP contribution in [0.15, 0.2) is 48.5 Å². The van der Waals surface area contributed by atoms with Crippen molar-refractivity contribution in [3.05, 3.63) is 54.1 Å². The number of amides is 1. The third kappa shape index (κ3) is 5.00. The van der Waals surface area contributed by atoms with E-state index in [0.29, 0.717) is 36.8 Å². The van der Waals surface area contributed by atoms with E-state index in [9.17, 15) is 4.79 Å². The first kappa shape index (κ1) is 16.8. The van der Waals surface area contributed by atoms with Gasteiger partial charge in [-0.2, -0.15) is 0 Å². The average Bonchev–Trinajstić information content (AvgIpc) is 2.57. The molecule has 1 N–H and O–H groups in total. The van der Waals surface area contributed by atoms with Gasteiger partial charge in [0, 0.05) is 12.8 Å². The Kier molecular flexibility index (Phi) is 6.44. The summed E-state index contributed by atoms with van der Waals surface area (Å²) in [6, 6.07) is 14.4. The van der Waals surface area contributed by atoms with Gasteiger partial charge in [-0.1, -0.05) is 12.1 Å². The fourth-order valence-electron chi connectivity index (χ4n) is 2.01. The summed E-state index contributed by atoms with van der Waals surface area (Å²) in [6.07, 6.45) is 0. The molecule has 0 atom stereocenters. The molecule has 122 valence electrons. The molecular formula is C18H21NO4. The first-order chi connectivity index (χ1) is 11.2. The van der Waals surface area contributed by atoms with E-state index in [1.807, 2.05) is 25.1 Å². The Morgan fingerprint density at radius 2 is 1.74 bits per heavy atom. The lowest BCUT2D eigenvalue weighted by molar-refractivity contribution is 0.101. The molecule has 0 saturated carbocycles. The van der Waals surface area contributed by atoms with E-state index in [1.165, 1.54) is 0 Å². The molecule has 5 heteroatoms. The molecule has 0 saturated heterocycles. The number of carbonyl (C=O) groups is 1. The predicted molar refractivity (Wildman–Crippen MR) is 89.4 cm³/mol. The van der Waals surface area contributed by atoms with Crippen LogP contribution in [0.3, 0.4) is 0 Å². The zero-order chi connectivity index (χ0) is 16.5. The normalized spacial score (nSPS) is 10.2. The molecule has 23 heavy (non-hydrogen) atoms. The summed E-state index contributed by atoms with van der Waals surface area (Å²) in [4.78, 5) is 12.4. The number of anilines is 1. The molecule has 2 aromatic rings. The maximum Gasteiger partial charge on any atom is 0.259 e. The van der Waals surface area contributed by atoms with E-state index in [0.717, 1.165) is 5.75 Å².